The summed E-state index contributed by atoms with van der Waals surface area (Å²) in [5, 5.41) is 6.93. The number of nitrogens with zero attached hydrogens (tertiary/aromatic N) is 2. The zero-order valence-electron chi connectivity index (χ0n) is 12.0. The molecule has 0 fully saturated rings. The minimum Gasteiger partial charge on any atom is -0.372 e. The lowest BCUT2D eigenvalue weighted by molar-refractivity contribution is -0.126. The van der Waals surface area contributed by atoms with Gasteiger partial charge in [-0.15, -0.1) is 0 Å². The van der Waals surface area contributed by atoms with Crippen LogP contribution in [0.3, 0.4) is 0 Å². The molecular weight excluding hydrogens is 273 g/mol. The maximum Gasteiger partial charge on any atom is 0.246 e. The van der Waals surface area contributed by atoms with Crippen molar-refractivity contribution in [3.8, 4) is 5.69 Å². The Morgan fingerprint density at radius 2 is 2.24 bits per heavy atom. The summed E-state index contributed by atoms with van der Waals surface area (Å²) in [5.74, 6) is -0.539. The molecule has 21 heavy (non-hydrogen) atoms. The van der Waals surface area contributed by atoms with Gasteiger partial charge in [-0.2, -0.15) is 5.10 Å². The molecule has 1 amide bonds. The lowest BCUT2D eigenvalue weighted by Crippen LogP contribution is -2.30. The lowest BCUT2D eigenvalue weighted by Gasteiger charge is -2.11. The Balaban J connectivity index is 2.06. The van der Waals surface area contributed by atoms with Gasteiger partial charge in [0.2, 0.25) is 5.91 Å². The Labute approximate surface area is 122 Å². The predicted octanol–water partition coefficient (Wildman–Crippen LogP) is 2.23. The summed E-state index contributed by atoms with van der Waals surface area (Å²) in [6.07, 6.45) is 3.31. The number of aromatic nitrogens is 2. The Bertz CT molecular complexity index is 612. The van der Waals surface area contributed by atoms with E-state index in [0.717, 1.165) is 5.56 Å². The van der Waals surface area contributed by atoms with E-state index in [-0.39, 0.29) is 24.4 Å². The molecule has 0 aliphatic carbocycles. The summed E-state index contributed by atoms with van der Waals surface area (Å²) in [6.45, 7) is 4.19. The van der Waals surface area contributed by atoms with Gasteiger partial charge in [0.25, 0.3) is 0 Å². The van der Waals surface area contributed by atoms with E-state index < -0.39 is 0 Å². The van der Waals surface area contributed by atoms with E-state index in [1.165, 1.54) is 10.7 Å². The maximum absolute atomic E-state index is 13.7. The van der Waals surface area contributed by atoms with E-state index in [9.17, 15) is 9.18 Å². The minimum atomic E-state index is -0.347. The number of hydrogen-bond acceptors (Lipinski definition) is 3. The maximum atomic E-state index is 13.7. The van der Waals surface area contributed by atoms with Gasteiger partial charge in [-0.05, 0) is 26.0 Å². The van der Waals surface area contributed by atoms with E-state index in [1.54, 1.807) is 30.6 Å². The number of benzene rings is 1. The highest BCUT2D eigenvalue weighted by Gasteiger charge is 2.13. The fourth-order valence-electron chi connectivity index (χ4n) is 1.89. The predicted molar refractivity (Wildman–Crippen MR) is 76.6 cm³/mol. The number of para-hydroxylation sites is 1. The first kappa shape index (κ1) is 15.2. The fraction of sp³-hybridized carbons (Fsp3) is 0.333. The first-order chi connectivity index (χ1) is 10.1. The zero-order chi connectivity index (χ0) is 15.2. The number of halogens is 1. The minimum absolute atomic E-state index is 0.0301. The van der Waals surface area contributed by atoms with Gasteiger partial charge in [0, 0.05) is 18.4 Å². The number of rotatable bonds is 6. The van der Waals surface area contributed by atoms with Gasteiger partial charge < -0.3 is 10.1 Å². The Kier molecular flexibility index (Phi) is 5.05. The zero-order valence-corrected chi connectivity index (χ0v) is 12.0. The number of ether oxygens (including phenoxy) is 1. The molecule has 1 heterocycles. The second-order valence-corrected chi connectivity index (χ2v) is 4.60. The molecule has 1 unspecified atom stereocenters. The van der Waals surface area contributed by atoms with Crippen molar-refractivity contribution >= 4 is 5.91 Å². The molecule has 5 nitrogen and oxygen atoms in total. The van der Waals surface area contributed by atoms with E-state index >= 15 is 0 Å². The molecule has 1 aromatic heterocycles. The Hall–Kier alpha value is -2.21. The van der Waals surface area contributed by atoms with Crippen molar-refractivity contribution in [3.63, 3.8) is 0 Å². The van der Waals surface area contributed by atoms with Gasteiger partial charge in [0.1, 0.15) is 18.1 Å². The fourth-order valence-corrected chi connectivity index (χ4v) is 1.89. The van der Waals surface area contributed by atoms with Gasteiger partial charge in [-0.25, -0.2) is 9.07 Å². The van der Waals surface area contributed by atoms with Gasteiger partial charge in [0.15, 0.2) is 0 Å². The van der Waals surface area contributed by atoms with Crippen LogP contribution in [-0.2, 0) is 9.53 Å². The van der Waals surface area contributed by atoms with Crippen molar-refractivity contribution in [2.45, 2.75) is 19.9 Å². The first-order valence-corrected chi connectivity index (χ1v) is 6.78. The third-order valence-corrected chi connectivity index (χ3v) is 3.02. The summed E-state index contributed by atoms with van der Waals surface area (Å²) in [7, 11) is 0. The van der Waals surface area contributed by atoms with Crippen molar-refractivity contribution in [2.75, 3.05) is 13.2 Å². The highest BCUT2D eigenvalue weighted by atomic mass is 19.1. The van der Waals surface area contributed by atoms with Crippen LogP contribution >= 0.6 is 0 Å². The number of amides is 1. The smallest absolute Gasteiger partial charge is 0.246 e. The molecule has 2 aromatic rings. The summed E-state index contributed by atoms with van der Waals surface area (Å²) in [6, 6.07) is 6.17. The molecule has 0 radical (unpaired) electrons. The largest absolute Gasteiger partial charge is 0.372 e. The molecule has 0 aliphatic heterocycles. The van der Waals surface area contributed by atoms with Crippen LogP contribution in [0.4, 0.5) is 4.39 Å². The number of nitrogens with one attached hydrogen (secondary N) is 1. The van der Waals surface area contributed by atoms with E-state index in [4.69, 9.17) is 4.74 Å². The van der Waals surface area contributed by atoms with Gasteiger partial charge in [0.05, 0.1) is 12.2 Å². The second kappa shape index (κ2) is 6.99. The number of carbonyl (C=O) groups is 1. The lowest BCUT2D eigenvalue weighted by atomic mass is 10.2. The Morgan fingerprint density at radius 1 is 1.48 bits per heavy atom. The van der Waals surface area contributed by atoms with Crippen molar-refractivity contribution in [1.29, 1.82) is 0 Å². The average molecular weight is 291 g/mol. The summed E-state index contributed by atoms with van der Waals surface area (Å²) in [5.41, 5.74) is 1.17. The Morgan fingerprint density at radius 3 is 2.95 bits per heavy atom. The first-order valence-electron chi connectivity index (χ1n) is 6.78. The summed E-state index contributed by atoms with van der Waals surface area (Å²) in [4.78, 5) is 11.6. The van der Waals surface area contributed by atoms with Crippen LogP contribution in [-0.4, -0.2) is 28.9 Å². The molecule has 0 aliphatic rings. The molecule has 0 saturated heterocycles. The highest BCUT2D eigenvalue weighted by molar-refractivity contribution is 5.77. The molecule has 6 heteroatoms. The van der Waals surface area contributed by atoms with Crippen LogP contribution in [0.15, 0.2) is 36.7 Å². The topological polar surface area (TPSA) is 56.1 Å². The quantitative estimate of drug-likeness (QED) is 0.888. The van der Waals surface area contributed by atoms with E-state index in [2.05, 4.69) is 10.4 Å². The van der Waals surface area contributed by atoms with Crippen molar-refractivity contribution in [2.24, 2.45) is 0 Å². The van der Waals surface area contributed by atoms with Crippen LogP contribution in [0.1, 0.15) is 25.5 Å². The van der Waals surface area contributed by atoms with E-state index in [0.29, 0.717) is 12.3 Å². The van der Waals surface area contributed by atoms with Crippen molar-refractivity contribution in [1.82, 2.24) is 15.1 Å². The molecule has 0 bridgehead atoms. The standard InChI is InChI=1S/C15H18FN3O2/c1-3-21-10-15(20)18-11(2)12-8-17-19(9-12)14-7-5-4-6-13(14)16/h4-9,11H,3,10H2,1-2H3,(H,18,20). The monoisotopic (exact) mass is 291 g/mol. The van der Waals surface area contributed by atoms with Crippen LogP contribution in [0.25, 0.3) is 5.69 Å². The molecular formula is C15H18FN3O2. The average Bonchev–Trinajstić information content (AvgIpc) is 2.95. The summed E-state index contributed by atoms with van der Waals surface area (Å²) >= 11 is 0. The van der Waals surface area contributed by atoms with Gasteiger partial charge in [-0.3, -0.25) is 4.79 Å². The third-order valence-electron chi connectivity index (χ3n) is 3.02. The van der Waals surface area contributed by atoms with E-state index in [1.807, 2.05) is 13.8 Å². The molecule has 0 spiro atoms. The molecule has 0 saturated carbocycles. The normalized spacial score (nSPS) is 12.1. The molecule has 1 aromatic carbocycles. The van der Waals surface area contributed by atoms with Crippen LogP contribution in [0.2, 0.25) is 0 Å². The van der Waals surface area contributed by atoms with Gasteiger partial charge in [-0.1, -0.05) is 12.1 Å². The summed E-state index contributed by atoms with van der Waals surface area (Å²) < 4.78 is 20.2. The van der Waals surface area contributed by atoms with Crippen molar-refractivity contribution < 1.29 is 13.9 Å². The number of carbonyl (C=O) groups excluding carboxylic acids is 1. The van der Waals surface area contributed by atoms with Crippen molar-refractivity contribution in [3.05, 3.63) is 48.0 Å². The number of hydrogen-bond donors (Lipinski definition) is 1. The highest BCUT2D eigenvalue weighted by Crippen LogP contribution is 2.16. The third kappa shape index (κ3) is 3.88. The molecule has 2 rings (SSSR count). The van der Waals surface area contributed by atoms with Crippen LogP contribution in [0, 0.1) is 5.82 Å². The molecule has 112 valence electrons. The van der Waals surface area contributed by atoms with Crippen LogP contribution < -0.4 is 5.32 Å². The van der Waals surface area contributed by atoms with Crippen LogP contribution in [0.5, 0.6) is 0 Å². The molecule has 1 N–H and O–H groups in total. The van der Waals surface area contributed by atoms with Gasteiger partial charge >= 0.3 is 0 Å². The second-order valence-electron chi connectivity index (χ2n) is 4.60. The molecule has 1 atom stereocenters. The SMILES string of the molecule is CCOCC(=O)NC(C)c1cnn(-c2ccccc2F)c1.